The van der Waals surface area contributed by atoms with E-state index in [0.717, 1.165) is 41.3 Å². The molecule has 0 bridgehead atoms. The molecule has 1 unspecified atom stereocenters. The summed E-state index contributed by atoms with van der Waals surface area (Å²) in [5.41, 5.74) is 3.25. The van der Waals surface area contributed by atoms with Crippen molar-refractivity contribution < 1.29 is 22.4 Å². The Morgan fingerprint density at radius 2 is 1.73 bits per heavy atom. The fourth-order valence-corrected chi connectivity index (χ4v) is 5.45. The Balaban J connectivity index is 1.60. The van der Waals surface area contributed by atoms with Gasteiger partial charge in [0.2, 0.25) is 10.0 Å². The fourth-order valence-electron chi connectivity index (χ4n) is 4.19. The average Bonchev–Trinajstić information content (AvgIpc) is 2.80. The summed E-state index contributed by atoms with van der Waals surface area (Å²) >= 11 is 0. The monoisotopic (exact) mass is 469 g/mol. The van der Waals surface area contributed by atoms with Gasteiger partial charge in [-0.05, 0) is 75.8 Å². The third-order valence-electron chi connectivity index (χ3n) is 6.12. The number of hydrogen-bond donors (Lipinski definition) is 1. The first kappa shape index (κ1) is 23.2. The quantitative estimate of drug-likeness (QED) is 0.333. The SMILES string of the molecule is CCC(NS(=O)(=O)c1ccc(C)cc1)C(=O)Oc1ccc2c3c(c(=O)oc2c1C)CCCC3. The maximum Gasteiger partial charge on any atom is 0.339 e. The van der Waals surface area contributed by atoms with Crippen LogP contribution in [0, 0.1) is 13.8 Å². The smallest absolute Gasteiger partial charge is 0.339 e. The molecular formula is C25H27NO6S. The molecule has 0 radical (unpaired) electrons. The normalized spacial score (nSPS) is 14.6. The molecule has 2 aromatic carbocycles. The number of carbonyl (C=O) groups excluding carboxylic acids is 1. The first-order chi connectivity index (χ1) is 15.7. The zero-order chi connectivity index (χ0) is 23.8. The van der Waals surface area contributed by atoms with E-state index in [2.05, 4.69) is 4.72 Å². The highest BCUT2D eigenvalue weighted by Crippen LogP contribution is 2.32. The second-order valence-electron chi connectivity index (χ2n) is 8.44. The minimum Gasteiger partial charge on any atom is -0.425 e. The highest BCUT2D eigenvalue weighted by atomic mass is 32.2. The number of ether oxygens (including phenoxy) is 1. The number of sulfonamides is 1. The van der Waals surface area contributed by atoms with Gasteiger partial charge in [-0.25, -0.2) is 18.0 Å². The average molecular weight is 470 g/mol. The van der Waals surface area contributed by atoms with Crippen LogP contribution >= 0.6 is 0 Å². The number of benzene rings is 2. The number of aryl methyl sites for hydroxylation is 3. The summed E-state index contributed by atoms with van der Waals surface area (Å²) in [7, 11) is -3.90. The molecule has 1 aliphatic rings. The van der Waals surface area contributed by atoms with Gasteiger partial charge in [0.25, 0.3) is 0 Å². The number of nitrogens with one attached hydrogen (secondary N) is 1. The van der Waals surface area contributed by atoms with Crippen molar-refractivity contribution in [2.75, 3.05) is 0 Å². The van der Waals surface area contributed by atoms with E-state index in [-0.39, 0.29) is 22.7 Å². The lowest BCUT2D eigenvalue weighted by Crippen LogP contribution is -2.42. The Morgan fingerprint density at radius 3 is 2.39 bits per heavy atom. The predicted molar refractivity (Wildman–Crippen MR) is 125 cm³/mol. The molecule has 0 spiro atoms. The highest BCUT2D eigenvalue weighted by molar-refractivity contribution is 7.89. The summed E-state index contributed by atoms with van der Waals surface area (Å²) in [5, 5.41) is 0.855. The second kappa shape index (κ2) is 9.11. The Bertz CT molecular complexity index is 1370. The van der Waals surface area contributed by atoms with Gasteiger partial charge in [-0.3, -0.25) is 0 Å². The standard InChI is InChI=1S/C25H27NO6S/c1-4-21(26-33(29,30)17-11-9-15(2)10-12-17)25(28)31-22-14-13-19-18-7-5-6-8-20(18)24(27)32-23(19)16(22)3/h9-14,21,26H,4-8H2,1-3H3. The van der Waals surface area contributed by atoms with Gasteiger partial charge in [0.15, 0.2) is 0 Å². The van der Waals surface area contributed by atoms with Crippen molar-refractivity contribution in [1.29, 1.82) is 0 Å². The zero-order valence-electron chi connectivity index (χ0n) is 18.9. The first-order valence-corrected chi connectivity index (χ1v) is 12.6. The van der Waals surface area contributed by atoms with Gasteiger partial charge >= 0.3 is 11.6 Å². The van der Waals surface area contributed by atoms with Crippen LogP contribution in [-0.4, -0.2) is 20.4 Å². The molecule has 7 nitrogen and oxygen atoms in total. The van der Waals surface area contributed by atoms with Crippen LogP contribution in [0.2, 0.25) is 0 Å². The van der Waals surface area contributed by atoms with Gasteiger partial charge in [-0.15, -0.1) is 0 Å². The molecular weight excluding hydrogens is 442 g/mol. The summed E-state index contributed by atoms with van der Waals surface area (Å²) in [6, 6.07) is 8.78. The molecule has 0 aliphatic heterocycles. The third-order valence-corrected chi connectivity index (χ3v) is 7.61. The van der Waals surface area contributed by atoms with Crippen LogP contribution in [0.4, 0.5) is 0 Å². The second-order valence-corrected chi connectivity index (χ2v) is 10.1. The molecule has 0 saturated carbocycles. The third kappa shape index (κ3) is 4.58. The Hall–Kier alpha value is -2.97. The van der Waals surface area contributed by atoms with Crippen molar-refractivity contribution in [3.63, 3.8) is 0 Å². The number of rotatable bonds is 6. The summed E-state index contributed by atoms with van der Waals surface area (Å²) in [6.07, 6.45) is 3.71. The number of fused-ring (bicyclic) bond motifs is 3. The summed E-state index contributed by atoms with van der Waals surface area (Å²) in [5.74, 6) is -0.490. The van der Waals surface area contributed by atoms with E-state index in [0.29, 0.717) is 17.6 Å². The van der Waals surface area contributed by atoms with Gasteiger partial charge in [0.05, 0.1) is 4.90 Å². The van der Waals surface area contributed by atoms with Crippen LogP contribution in [0.3, 0.4) is 0 Å². The lowest BCUT2D eigenvalue weighted by molar-refractivity contribution is -0.136. The maximum atomic E-state index is 12.9. The Kier molecular flexibility index (Phi) is 6.41. The van der Waals surface area contributed by atoms with Crippen LogP contribution < -0.4 is 15.1 Å². The van der Waals surface area contributed by atoms with E-state index >= 15 is 0 Å². The molecule has 1 aliphatic carbocycles. The molecule has 174 valence electrons. The van der Waals surface area contributed by atoms with E-state index in [1.807, 2.05) is 6.92 Å². The van der Waals surface area contributed by atoms with Crippen LogP contribution in [0.15, 0.2) is 50.5 Å². The topological polar surface area (TPSA) is 103 Å². The van der Waals surface area contributed by atoms with Crippen molar-refractivity contribution in [3.8, 4) is 5.75 Å². The maximum absolute atomic E-state index is 12.9. The van der Waals surface area contributed by atoms with Crippen molar-refractivity contribution in [3.05, 3.63) is 69.1 Å². The Morgan fingerprint density at radius 1 is 1.06 bits per heavy atom. The van der Waals surface area contributed by atoms with Crippen molar-refractivity contribution in [2.45, 2.75) is 63.8 Å². The van der Waals surface area contributed by atoms with E-state index in [4.69, 9.17) is 9.15 Å². The van der Waals surface area contributed by atoms with Crippen LogP contribution in [0.25, 0.3) is 11.0 Å². The zero-order valence-corrected chi connectivity index (χ0v) is 19.8. The van der Waals surface area contributed by atoms with Gasteiger partial charge < -0.3 is 9.15 Å². The number of carbonyl (C=O) groups is 1. The Labute approximate surface area is 192 Å². The largest absolute Gasteiger partial charge is 0.425 e. The van der Waals surface area contributed by atoms with Crippen LogP contribution in [0.5, 0.6) is 5.75 Å². The molecule has 8 heteroatoms. The van der Waals surface area contributed by atoms with Crippen molar-refractivity contribution >= 4 is 27.0 Å². The molecule has 33 heavy (non-hydrogen) atoms. The molecule has 3 aromatic rings. The van der Waals surface area contributed by atoms with E-state index in [1.165, 1.54) is 12.1 Å². The van der Waals surface area contributed by atoms with Gasteiger partial charge in [-0.1, -0.05) is 24.6 Å². The van der Waals surface area contributed by atoms with Crippen LogP contribution in [-0.2, 0) is 27.7 Å². The van der Waals surface area contributed by atoms with Crippen molar-refractivity contribution in [1.82, 2.24) is 4.72 Å². The summed E-state index contributed by atoms with van der Waals surface area (Å²) < 4.78 is 39.0. The first-order valence-electron chi connectivity index (χ1n) is 11.1. The van der Waals surface area contributed by atoms with Gasteiger partial charge in [-0.2, -0.15) is 4.72 Å². The lowest BCUT2D eigenvalue weighted by Gasteiger charge is -2.19. The van der Waals surface area contributed by atoms with E-state index < -0.39 is 22.0 Å². The minimum atomic E-state index is -3.90. The van der Waals surface area contributed by atoms with Crippen LogP contribution in [0.1, 0.15) is 48.4 Å². The minimum absolute atomic E-state index is 0.0767. The van der Waals surface area contributed by atoms with Crippen molar-refractivity contribution in [2.24, 2.45) is 0 Å². The number of hydrogen-bond acceptors (Lipinski definition) is 6. The van der Waals surface area contributed by atoms with E-state index in [9.17, 15) is 18.0 Å². The molecule has 0 amide bonds. The predicted octanol–water partition coefficient (Wildman–Crippen LogP) is 3.95. The lowest BCUT2D eigenvalue weighted by atomic mass is 9.90. The molecule has 1 heterocycles. The molecule has 1 N–H and O–H groups in total. The van der Waals surface area contributed by atoms with E-state index in [1.54, 1.807) is 38.1 Å². The molecule has 4 rings (SSSR count). The summed E-state index contributed by atoms with van der Waals surface area (Å²) in [6.45, 7) is 5.28. The molecule has 1 atom stereocenters. The molecule has 0 saturated heterocycles. The molecule has 1 aromatic heterocycles. The number of esters is 1. The van der Waals surface area contributed by atoms with Gasteiger partial charge in [0, 0.05) is 16.5 Å². The van der Waals surface area contributed by atoms with Gasteiger partial charge in [0.1, 0.15) is 17.4 Å². The highest BCUT2D eigenvalue weighted by Gasteiger charge is 2.27. The molecule has 0 fully saturated rings. The summed E-state index contributed by atoms with van der Waals surface area (Å²) in [4.78, 5) is 25.4. The fraction of sp³-hybridized carbons (Fsp3) is 0.360.